The lowest BCUT2D eigenvalue weighted by molar-refractivity contribution is -0.137. The predicted octanol–water partition coefficient (Wildman–Crippen LogP) is 3.99. The van der Waals surface area contributed by atoms with Gasteiger partial charge in [0.05, 0.1) is 33.5 Å². The van der Waals surface area contributed by atoms with Crippen LogP contribution in [0.2, 0.25) is 5.02 Å². The van der Waals surface area contributed by atoms with E-state index < -0.39 is 17.6 Å². The van der Waals surface area contributed by atoms with Crippen molar-refractivity contribution in [3.8, 4) is 6.07 Å². The molecule has 0 bridgehead atoms. The first-order valence-electron chi connectivity index (χ1n) is 6.25. The molecule has 0 radical (unpaired) electrons. The largest absolute Gasteiger partial charge is 0.418 e. The zero-order chi connectivity index (χ0) is 17.0. The van der Waals surface area contributed by atoms with Gasteiger partial charge >= 0.3 is 6.18 Å². The van der Waals surface area contributed by atoms with E-state index in [-0.39, 0.29) is 21.8 Å². The van der Waals surface area contributed by atoms with Crippen molar-refractivity contribution < 1.29 is 18.0 Å². The molecule has 0 saturated carbocycles. The fraction of sp³-hybridized carbons (Fsp3) is 0.0667. The third kappa shape index (κ3) is 3.93. The van der Waals surface area contributed by atoms with E-state index in [1.54, 1.807) is 18.2 Å². The van der Waals surface area contributed by atoms with E-state index in [4.69, 9.17) is 16.9 Å². The van der Waals surface area contributed by atoms with Gasteiger partial charge in [-0.2, -0.15) is 18.4 Å². The van der Waals surface area contributed by atoms with Gasteiger partial charge in [0.1, 0.15) is 0 Å². The van der Waals surface area contributed by atoms with Crippen LogP contribution in [0.1, 0.15) is 21.5 Å². The van der Waals surface area contributed by atoms with Gasteiger partial charge in [-0.3, -0.25) is 15.6 Å². The smallest absolute Gasteiger partial charge is 0.298 e. The van der Waals surface area contributed by atoms with E-state index >= 15 is 0 Å². The number of hydrogen-bond donors (Lipinski definition) is 2. The number of carbonyl (C=O) groups excluding carboxylic acids is 1. The second-order valence-corrected chi connectivity index (χ2v) is 4.84. The number of nitrogens with one attached hydrogen (secondary N) is 2. The fourth-order valence-corrected chi connectivity index (χ4v) is 2.02. The Morgan fingerprint density at radius 3 is 2.48 bits per heavy atom. The Morgan fingerprint density at radius 1 is 1.17 bits per heavy atom. The summed E-state index contributed by atoms with van der Waals surface area (Å²) in [5.41, 5.74) is 2.90. The number of hydrogen-bond acceptors (Lipinski definition) is 3. The summed E-state index contributed by atoms with van der Waals surface area (Å²) in [6.45, 7) is 0. The molecule has 0 fully saturated rings. The van der Waals surface area contributed by atoms with Crippen molar-refractivity contribution in [3.63, 3.8) is 0 Å². The molecule has 118 valence electrons. The van der Waals surface area contributed by atoms with Crippen molar-refractivity contribution in [3.05, 3.63) is 64.2 Å². The van der Waals surface area contributed by atoms with Crippen LogP contribution in [0.3, 0.4) is 0 Å². The van der Waals surface area contributed by atoms with Crippen molar-refractivity contribution in [1.29, 1.82) is 5.26 Å². The Labute approximate surface area is 134 Å². The second-order valence-electron chi connectivity index (χ2n) is 4.43. The summed E-state index contributed by atoms with van der Waals surface area (Å²) in [6, 6.07) is 10.7. The molecule has 2 rings (SSSR count). The van der Waals surface area contributed by atoms with E-state index in [1.165, 1.54) is 18.2 Å². The summed E-state index contributed by atoms with van der Waals surface area (Å²) in [7, 11) is 0. The summed E-state index contributed by atoms with van der Waals surface area (Å²) in [5, 5.41) is 8.86. The molecule has 0 unspecified atom stereocenters. The van der Waals surface area contributed by atoms with Crippen LogP contribution in [0.5, 0.6) is 0 Å². The zero-order valence-electron chi connectivity index (χ0n) is 11.4. The Bertz CT molecular complexity index is 784. The minimum absolute atomic E-state index is 0.115. The molecule has 2 aromatic rings. The number of benzene rings is 2. The Kier molecular flexibility index (Phi) is 4.77. The molecular formula is C15H9ClF3N3O. The minimum Gasteiger partial charge on any atom is -0.298 e. The highest BCUT2D eigenvalue weighted by Crippen LogP contribution is 2.35. The molecule has 4 nitrogen and oxygen atoms in total. The molecule has 0 aromatic heterocycles. The van der Waals surface area contributed by atoms with Gasteiger partial charge in [0, 0.05) is 0 Å². The summed E-state index contributed by atoms with van der Waals surface area (Å²) < 4.78 is 39.0. The van der Waals surface area contributed by atoms with Gasteiger partial charge in [-0.1, -0.05) is 23.7 Å². The van der Waals surface area contributed by atoms with Crippen molar-refractivity contribution >= 4 is 23.2 Å². The van der Waals surface area contributed by atoms with Gasteiger partial charge in [-0.05, 0) is 30.3 Å². The molecule has 2 aromatic carbocycles. The zero-order valence-corrected chi connectivity index (χ0v) is 12.2. The van der Waals surface area contributed by atoms with Gasteiger partial charge in [0.25, 0.3) is 5.91 Å². The van der Waals surface area contributed by atoms with Crippen LogP contribution >= 0.6 is 11.6 Å². The van der Waals surface area contributed by atoms with E-state index in [0.29, 0.717) is 6.07 Å². The van der Waals surface area contributed by atoms with Crippen molar-refractivity contribution in [2.75, 3.05) is 5.43 Å². The number of amides is 1. The number of alkyl halides is 3. The number of anilines is 1. The predicted molar refractivity (Wildman–Crippen MR) is 78.7 cm³/mol. The molecule has 0 heterocycles. The van der Waals surface area contributed by atoms with E-state index in [2.05, 4.69) is 10.9 Å². The van der Waals surface area contributed by atoms with Crippen molar-refractivity contribution in [2.24, 2.45) is 0 Å². The SMILES string of the molecule is N#Cc1ccc(NNC(=O)c2ccccc2Cl)c(C(F)(F)F)c1. The van der Waals surface area contributed by atoms with E-state index in [9.17, 15) is 18.0 Å². The normalized spacial score (nSPS) is 10.7. The Balaban J connectivity index is 2.23. The number of nitrogens with zero attached hydrogens (tertiary/aromatic N) is 1. The molecule has 0 saturated heterocycles. The molecule has 2 N–H and O–H groups in total. The maximum Gasteiger partial charge on any atom is 0.418 e. The highest BCUT2D eigenvalue weighted by atomic mass is 35.5. The molecule has 0 aliphatic rings. The number of rotatable bonds is 3. The molecule has 0 atom stereocenters. The van der Waals surface area contributed by atoms with Crippen LogP contribution in [0, 0.1) is 11.3 Å². The van der Waals surface area contributed by atoms with E-state index in [1.807, 2.05) is 0 Å². The second kappa shape index (κ2) is 6.58. The average Bonchev–Trinajstić information content (AvgIpc) is 2.52. The monoisotopic (exact) mass is 339 g/mol. The Hall–Kier alpha value is -2.72. The van der Waals surface area contributed by atoms with E-state index in [0.717, 1.165) is 6.07 Å². The first-order chi connectivity index (χ1) is 10.8. The highest BCUT2D eigenvalue weighted by Gasteiger charge is 2.34. The molecule has 1 amide bonds. The third-order valence-electron chi connectivity index (χ3n) is 2.88. The standard InChI is InChI=1S/C15H9ClF3N3O/c16-12-4-2-1-3-10(12)14(23)22-21-13-6-5-9(8-20)7-11(13)15(17,18)19/h1-7,21H,(H,22,23). The summed E-state index contributed by atoms with van der Waals surface area (Å²) in [5.74, 6) is -0.687. The van der Waals surface area contributed by atoms with Crippen molar-refractivity contribution in [2.45, 2.75) is 6.18 Å². The summed E-state index contributed by atoms with van der Waals surface area (Å²) >= 11 is 5.84. The Morgan fingerprint density at radius 2 is 1.87 bits per heavy atom. The molecule has 0 spiro atoms. The maximum absolute atomic E-state index is 13.0. The molecule has 0 aliphatic carbocycles. The number of hydrazine groups is 1. The van der Waals surface area contributed by atoms with Crippen LogP contribution in [0.25, 0.3) is 0 Å². The highest BCUT2D eigenvalue weighted by molar-refractivity contribution is 6.33. The van der Waals surface area contributed by atoms with Gasteiger partial charge in [-0.15, -0.1) is 0 Å². The van der Waals surface area contributed by atoms with Crippen LogP contribution in [-0.4, -0.2) is 5.91 Å². The lowest BCUT2D eigenvalue weighted by Gasteiger charge is -2.15. The fourth-order valence-electron chi connectivity index (χ4n) is 1.79. The summed E-state index contributed by atoms with van der Waals surface area (Å²) in [4.78, 5) is 11.9. The average molecular weight is 340 g/mol. The van der Waals surface area contributed by atoms with Gasteiger partial charge < -0.3 is 0 Å². The number of nitriles is 1. The van der Waals surface area contributed by atoms with Crippen LogP contribution in [0.15, 0.2) is 42.5 Å². The van der Waals surface area contributed by atoms with Crippen LogP contribution in [-0.2, 0) is 6.18 Å². The maximum atomic E-state index is 13.0. The lowest BCUT2D eigenvalue weighted by Crippen LogP contribution is -2.30. The topological polar surface area (TPSA) is 64.9 Å². The van der Waals surface area contributed by atoms with Gasteiger partial charge in [-0.25, -0.2) is 0 Å². The van der Waals surface area contributed by atoms with Crippen molar-refractivity contribution in [1.82, 2.24) is 5.43 Å². The van der Waals surface area contributed by atoms with Crippen LogP contribution in [0.4, 0.5) is 18.9 Å². The number of halogens is 4. The minimum atomic E-state index is -4.68. The molecule has 23 heavy (non-hydrogen) atoms. The first-order valence-corrected chi connectivity index (χ1v) is 6.63. The lowest BCUT2D eigenvalue weighted by atomic mass is 10.1. The number of carbonyl (C=O) groups is 1. The quantitative estimate of drug-likeness (QED) is 0.831. The summed E-state index contributed by atoms with van der Waals surface area (Å²) in [6.07, 6.45) is -4.68. The van der Waals surface area contributed by atoms with Crippen LogP contribution < -0.4 is 10.9 Å². The van der Waals surface area contributed by atoms with Gasteiger partial charge in [0.2, 0.25) is 0 Å². The first kappa shape index (κ1) is 16.6. The molecular weight excluding hydrogens is 331 g/mol. The van der Waals surface area contributed by atoms with Gasteiger partial charge in [0.15, 0.2) is 0 Å². The third-order valence-corrected chi connectivity index (χ3v) is 3.21. The molecule has 0 aliphatic heterocycles. The molecule has 8 heteroatoms.